The number of halogens is 1. The highest BCUT2D eigenvalue weighted by Gasteiger charge is 2.41. The Morgan fingerprint density at radius 2 is 2.10 bits per heavy atom. The lowest BCUT2D eigenvalue weighted by Gasteiger charge is -2.34. The van der Waals surface area contributed by atoms with Crippen LogP contribution in [0.15, 0.2) is 41.5 Å². The van der Waals surface area contributed by atoms with Crippen LogP contribution in [-0.4, -0.2) is 42.4 Å². The molecule has 9 nitrogen and oxygen atoms in total. The number of rotatable bonds is 3. The van der Waals surface area contributed by atoms with Gasteiger partial charge in [-0.05, 0) is 37.3 Å². The zero-order valence-electron chi connectivity index (χ0n) is 15.5. The van der Waals surface area contributed by atoms with Gasteiger partial charge in [0.2, 0.25) is 16.0 Å². The van der Waals surface area contributed by atoms with Crippen LogP contribution in [0.25, 0.3) is 0 Å². The Labute approximate surface area is 166 Å². The van der Waals surface area contributed by atoms with E-state index in [0.717, 1.165) is 10.4 Å². The fraction of sp³-hybridized carbons (Fsp3) is 0.222. The maximum atomic E-state index is 14.5. The van der Waals surface area contributed by atoms with Crippen LogP contribution in [0.5, 0.6) is 0 Å². The lowest BCUT2D eigenvalue weighted by Crippen LogP contribution is -2.50. The lowest BCUT2D eigenvalue weighted by molar-refractivity contribution is 0.102. The first-order chi connectivity index (χ1) is 13.6. The third-order valence-corrected chi connectivity index (χ3v) is 6.44. The molecule has 1 aromatic heterocycles. The van der Waals surface area contributed by atoms with Crippen molar-refractivity contribution in [2.75, 3.05) is 18.1 Å². The summed E-state index contributed by atoms with van der Waals surface area (Å²) >= 11 is 0. The van der Waals surface area contributed by atoms with Crippen LogP contribution in [0, 0.1) is 17.1 Å². The molecule has 2 heterocycles. The van der Waals surface area contributed by atoms with Gasteiger partial charge in [-0.1, -0.05) is 0 Å². The summed E-state index contributed by atoms with van der Waals surface area (Å²) in [5.74, 6) is -1.99. The van der Waals surface area contributed by atoms with Gasteiger partial charge in [0, 0.05) is 24.5 Å². The van der Waals surface area contributed by atoms with Gasteiger partial charge < -0.3 is 11.1 Å². The zero-order chi connectivity index (χ0) is 21.4. The molecule has 0 saturated carbocycles. The monoisotopic (exact) mass is 416 g/mol. The van der Waals surface area contributed by atoms with Gasteiger partial charge in [-0.25, -0.2) is 27.1 Å². The van der Waals surface area contributed by atoms with Gasteiger partial charge in [0.25, 0.3) is 5.91 Å². The highest BCUT2D eigenvalue weighted by molar-refractivity contribution is 7.89. The van der Waals surface area contributed by atoms with Gasteiger partial charge in [0.05, 0.1) is 11.3 Å². The van der Waals surface area contributed by atoms with Crippen LogP contribution in [0.4, 0.5) is 10.1 Å². The standard InChI is InChI=1S/C18H17FN6O3S/c1-18(10-29(27,28)25(2)17(21)24-18)13-7-12(4-5-14(13)19)23-16(26)15-6-3-11(8-20)9-22-15/h3-7,9H,10H2,1-2H3,(H2,21,24)(H,23,26)/t18-/m0/s1. The number of pyridine rings is 1. The van der Waals surface area contributed by atoms with Crippen molar-refractivity contribution in [2.24, 2.45) is 10.7 Å². The van der Waals surface area contributed by atoms with E-state index >= 15 is 0 Å². The molecule has 1 atom stereocenters. The second-order valence-electron chi connectivity index (χ2n) is 6.66. The van der Waals surface area contributed by atoms with Gasteiger partial charge in [0.1, 0.15) is 23.1 Å². The number of nitrogens with zero attached hydrogens (tertiary/aromatic N) is 4. The van der Waals surface area contributed by atoms with E-state index in [-0.39, 0.29) is 22.9 Å². The van der Waals surface area contributed by atoms with E-state index in [1.54, 1.807) is 0 Å². The quantitative estimate of drug-likeness (QED) is 0.769. The summed E-state index contributed by atoms with van der Waals surface area (Å²) in [4.78, 5) is 20.4. The van der Waals surface area contributed by atoms with Crippen LogP contribution in [0.3, 0.4) is 0 Å². The topological polar surface area (TPSA) is 142 Å². The van der Waals surface area contributed by atoms with Crippen LogP contribution >= 0.6 is 0 Å². The Hall–Kier alpha value is -3.52. The molecule has 2 aromatic rings. The minimum Gasteiger partial charge on any atom is -0.369 e. The summed E-state index contributed by atoms with van der Waals surface area (Å²) in [6.45, 7) is 1.45. The maximum Gasteiger partial charge on any atom is 0.274 e. The molecule has 0 bridgehead atoms. The smallest absolute Gasteiger partial charge is 0.274 e. The number of carbonyl (C=O) groups excluding carboxylic acids is 1. The maximum absolute atomic E-state index is 14.5. The average Bonchev–Trinajstić information content (AvgIpc) is 2.67. The summed E-state index contributed by atoms with van der Waals surface area (Å²) < 4.78 is 40.1. The van der Waals surface area contributed by atoms with Gasteiger partial charge in [-0.3, -0.25) is 4.79 Å². The van der Waals surface area contributed by atoms with E-state index in [4.69, 9.17) is 11.0 Å². The molecule has 0 unspecified atom stereocenters. The fourth-order valence-corrected chi connectivity index (χ4v) is 4.34. The molecule has 11 heteroatoms. The molecule has 0 aliphatic carbocycles. The number of nitrogens with one attached hydrogen (secondary N) is 1. The van der Waals surface area contributed by atoms with E-state index < -0.39 is 33.0 Å². The Bertz CT molecular complexity index is 1160. The second-order valence-corrected chi connectivity index (χ2v) is 8.66. The number of aromatic nitrogens is 1. The Balaban J connectivity index is 1.94. The third-order valence-electron chi connectivity index (χ3n) is 4.49. The first-order valence-electron chi connectivity index (χ1n) is 8.35. The number of amides is 1. The van der Waals surface area contributed by atoms with E-state index in [2.05, 4.69) is 15.3 Å². The zero-order valence-corrected chi connectivity index (χ0v) is 16.4. The number of nitriles is 1. The minimum atomic E-state index is -3.78. The predicted molar refractivity (Wildman–Crippen MR) is 104 cm³/mol. The highest BCUT2D eigenvalue weighted by atomic mass is 32.2. The molecule has 1 amide bonds. The number of hydrogen-bond acceptors (Lipinski definition) is 7. The molecule has 0 fully saturated rings. The van der Waals surface area contributed by atoms with E-state index in [1.165, 1.54) is 44.4 Å². The molecule has 0 radical (unpaired) electrons. The number of nitrogens with two attached hydrogens (primary N) is 1. The first kappa shape index (κ1) is 20.2. The van der Waals surface area contributed by atoms with Crippen molar-refractivity contribution in [2.45, 2.75) is 12.5 Å². The molecule has 29 heavy (non-hydrogen) atoms. The number of carbonyl (C=O) groups is 1. The van der Waals surface area contributed by atoms with Gasteiger partial charge >= 0.3 is 0 Å². The molecular weight excluding hydrogens is 399 g/mol. The second kappa shape index (κ2) is 7.14. The van der Waals surface area contributed by atoms with Crippen molar-refractivity contribution < 1.29 is 17.6 Å². The molecule has 1 aliphatic heterocycles. The summed E-state index contributed by atoms with van der Waals surface area (Å²) in [7, 11) is -2.51. The lowest BCUT2D eigenvalue weighted by atomic mass is 9.93. The molecule has 3 N–H and O–H groups in total. The molecule has 0 saturated heterocycles. The van der Waals surface area contributed by atoms with Gasteiger partial charge in [-0.15, -0.1) is 0 Å². The van der Waals surface area contributed by atoms with Crippen molar-refractivity contribution >= 4 is 27.6 Å². The number of aliphatic imine (C=N–C) groups is 1. The minimum absolute atomic E-state index is 0.0253. The SMILES string of the molecule is CN1C(N)=N[C@](C)(c2cc(NC(=O)c3ccc(C#N)cn3)ccc2F)CS1(=O)=O. The molecule has 1 aliphatic rings. The molecular formula is C18H17FN6O3S. The molecule has 3 rings (SSSR count). The largest absolute Gasteiger partial charge is 0.369 e. The number of benzene rings is 1. The van der Waals surface area contributed by atoms with E-state index in [9.17, 15) is 17.6 Å². The number of sulfonamides is 1. The highest BCUT2D eigenvalue weighted by Crippen LogP contribution is 2.34. The van der Waals surface area contributed by atoms with Crippen LogP contribution < -0.4 is 11.1 Å². The van der Waals surface area contributed by atoms with Crippen LogP contribution in [0.1, 0.15) is 28.5 Å². The Morgan fingerprint density at radius 3 is 2.69 bits per heavy atom. The molecule has 150 valence electrons. The number of anilines is 1. The van der Waals surface area contributed by atoms with Crippen LogP contribution in [0.2, 0.25) is 0 Å². The fourth-order valence-electron chi connectivity index (χ4n) is 2.89. The Morgan fingerprint density at radius 1 is 1.38 bits per heavy atom. The van der Waals surface area contributed by atoms with Crippen molar-refractivity contribution in [3.63, 3.8) is 0 Å². The van der Waals surface area contributed by atoms with Crippen molar-refractivity contribution in [1.29, 1.82) is 5.26 Å². The average molecular weight is 416 g/mol. The summed E-state index contributed by atoms with van der Waals surface area (Å²) in [5, 5.41) is 11.4. The van der Waals surface area contributed by atoms with Gasteiger partial charge in [-0.2, -0.15) is 5.26 Å². The molecule has 0 spiro atoms. The predicted octanol–water partition coefficient (Wildman–Crippen LogP) is 1.15. The van der Waals surface area contributed by atoms with Crippen molar-refractivity contribution in [3.05, 3.63) is 59.2 Å². The molecule has 1 aromatic carbocycles. The summed E-state index contributed by atoms with van der Waals surface area (Å²) in [6.07, 6.45) is 1.26. The van der Waals surface area contributed by atoms with Crippen molar-refractivity contribution in [3.8, 4) is 6.07 Å². The summed E-state index contributed by atoms with van der Waals surface area (Å²) in [5.41, 5.74) is 4.81. The van der Waals surface area contributed by atoms with E-state index in [0.29, 0.717) is 5.56 Å². The van der Waals surface area contributed by atoms with E-state index in [1.807, 2.05) is 6.07 Å². The van der Waals surface area contributed by atoms with Gasteiger partial charge in [0.15, 0.2) is 0 Å². The van der Waals surface area contributed by atoms with Crippen molar-refractivity contribution in [1.82, 2.24) is 9.29 Å². The number of hydrogen-bond donors (Lipinski definition) is 2. The first-order valence-corrected chi connectivity index (χ1v) is 9.96. The van der Waals surface area contributed by atoms with Crippen LogP contribution in [-0.2, 0) is 15.6 Å². The summed E-state index contributed by atoms with van der Waals surface area (Å²) in [6, 6.07) is 8.48. The Kier molecular flexibility index (Phi) is 4.98. The number of guanidine groups is 1. The normalized spacial score (nSPS) is 20.5. The third kappa shape index (κ3) is 3.88.